The van der Waals surface area contributed by atoms with E-state index in [4.69, 9.17) is 4.74 Å². The molecule has 0 aliphatic rings. The van der Waals surface area contributed by atoms with Crippen LogP contribution in [0.15, 0.2) is 24.3 Å². The molecular weight excluding hydrogens is 293 g/mol. The van der Waals surface area contributed by atoms with Crippen LogP contribution in [0.4, 0.5) is 5.69 Å². The van der Waals surface area contributed by atoms with Crippen molar-refractivity contribution >= 4 is 34.2 Å². The van der Waals surface area contributed by atoms with Gasteiger partial charge >= 0.3 is 0 Å². The molecule has 14 heavy (non-hydrogen) atoms. The van der Waals surface area contributed by atoms with Gasteiger partial charge in [-0.3, -0.25) is 4.79 Å². The van der Waals surface area contributed by atoms with Crippen molar-refractivity contribution in [1.82, 2.24) is 0 Å². The Balaban J connectivity index is 2.70. The number of rotatable bonds is 4. The Morgan fingerprint density at radius 1 is 1.50 bits per heavy atom. The molecule has 0 radical (unpaired) electrons. The maximum absolute atomic E-state index is 11.3. The number of para-hydroxylation sites is 2. The Labute approximate surface area is 97.0 Å². The summed E-state index contributed by atoms with van der Waals surface area (Å²) in [6, 6.07) is 7.37. The molecule has 1 aromatic rings. The molecule has 1 rings (SSSR count). The van der Waals surface area contributed by atoms with Gasteiger partial charge in [-0.05, 0) is 12.1 Å². The number of hydrogen-bond acceptors (Lipinski definition) is 2. The van der Waals surface area contributed by atoms with Gasteiger partial charge in [0.15, 0.2) is 0 Å². The fourth-order valence-electron chi connectivity index (χ4n) is 1.05. The molecule has 4 heteroatoms. The van der Waals surface area contributed by atoms with Gasteiger partial charge in [-0.15, -0.1) is 0 Å². The second-order valence-corrected chi connectivity index (χ2v) is 3.77. The number of ether oxygens (including phenoxy) is 1. The van der Waals surface area contributed by atoms with Gasteiger partial charge in [0.25, 0.3) is 0 Å². The van der Waals surface area contributed by atoms with Gasteiger partial charge in [0, 0.05) is 10.8 Å². The molecule has 0 unspecified atom stereocenters. The first-order valence-electron chi connectivity index (χ1n) is 4.26. The van der Waals surface area contributed by atoms with Gasteiger partial charge in [-0.25, -0.2) is 0 Å². The minimum absolute atomic E-state index is 0.0175. The lowest BCUT2D eigenvalue weighted by Crippen LogP contribution is -2.12. The second-order valence-electron chi connectivity index (χ2n) is 2.69. The van der Waals surface area contributed by atoms with Crippen LogP contribution < -0.4 is 10.1 Å². The molecule has 0 heterocycles. The van der Waals surface area contributed by atoms with Crippen molar-refractivity contribution in [3.63, 3.8) is 0 Å². The molecule has 0 spiro atoms. The molecule has 0 fully saturated rings. The quantitative estimate of drug-likeness (QED) is 0.685. The molecule has 1 aromatic carbocycles. The van der Waals surface area contributed by atoms with E-state index in [0.29, 0.717) is 12.2 Å². The maximum atomic E-state index is 11.3. The highest BCUT2D eigenvalue weighted by atomic mass is 127. The summed E-state index contributed by atoms with van der Waals surface area (Å²) in [5.41, 5.74) is 0.727. The number of hydrogen-bond donors (Lipinski definition) is 1. The third-order valence-electron chi connectivity index (χ3n) is 1.70. The van der Waals surface area contributed by atoms with E-state index >= 15 is 0 Å². The smallest absolute Gasteiger partial charge is 0.225 e. The monoisotopic (exact) mass is 305 g/mol. The first-order chi connectivity index (χ1) is 6.77. The molecule has 0 saturated carbocycles. The van der Waals surface area contributed by atoms with E-state index < -0.39 is 0 Å². The number of halogens is 1. The summed E-state index contributed by atoms with van der Waals surface area (Å²) in [6.45, 7) is 0. The van der Waals surface area contributed by atoms with Gasteiger partial charge < -0.3 is 10.1 Å². The predicted molar refractivity (Wildman–Crippen MR) is 65.1 cm³/mol. The van der Waals surface area contributed by atoms with Crippen LogP contribution in [0, 0.1) is 0 Å². The number of carbonyl (C=O) groups is 1. The Morgan fingerprint density at radius 2 is 2.21 bits per heavy atom. The van der Waals surface area contributed by atoms with Crippen LogP contribution in [0.2, 0.25) is 0 Å². The van der Waals surface area contributed by atoms with Crippen LogP contribution in [-0.2, 0) is 4.79 Å². The van der Waals surface area contributed by atoms with Crippen molar-refractivity contribution in [1.29, 1.82) is 0 Å². The predicted octanol–water partition coefficient (Wildman–Crippen LogP) is 2.46. The largest absolute Gasteiger partial charge is 0.495 e. The molecule has 0 aliphatic carbocycles. The lowest BCUT2D eigenvalue weighted by atomic mass is 10.3. The van der Waals surface area contributed by atoms with Gasteiger partial charge in [0.1, 0.15) is 5.75 Å². The highest BCUT2D eigenvalue weighted by molar-refractivity contribution is 14.1. The number of carbonyl (C=O) groups excluding carboxylic acids is 1. The average molecular weight is 305 g/mol. The van der Waals surface area contributed by atoms with Crippen LogP contribution in [0.25, 0.3) is 0 Å². The standard InChI is InChI=1S/C10H12INO2/c1-14-9-5-3-2-4-8(9)12-10(13)6-7-11/h2-5H,6-7H2,1H3,(H,12,13). The van der Waals surface area contributed by atoms with E-state index in [0.717, 1.165) is 10.1 Å². The van der Waals surface area contributed by atoms with Crippen molar-refractivity contribution in [3.05, 3.63) is 24.3 Å². The molecule has 3 nitrogen and oxygen atoms in total. The lowest BCUT2D eigenvalue weighted by molar-refractivity contribution is -0.115. The Hall–Kier alpha value is -0.780. The lowest BCUT2D eigenvalue weighted by Gasteiger charge is -2.08. The minimum atomic E-state index is 0.0175. The molecule has 0 aliphatic heterocycles. The number of amides is 1. The molecule has 0 saturated heterocycles. The number of benzene rings is 1. The Kier molecular flexibility index (Phi) is 4.72. The molecule has 0 atom stereocenters. The third-order valence-corrected chi connectivity index (χ3v) is 2.24. The molecule has 0 aromatic heterocycles. The molecular formula is C10H12INO2. The van der Waals surface area contributed by atoms with Crippen molar-refractivity contribution in [2.24, 2.45) is 0 Å². The first-order valence-corrected chi connectivity index (χ1v) is 5.79. The number of nitrogens with one attached hydrogen (secondary N) is 1. The molecule has 1 amide bonds. The van der Waals surface area contributed by atoms with Gasteiger partial charge in [0.2, 0.25) is 5.91 Å². The van der Waals surface area contributed by atoms with Crippen LogP contribution in [-0.4, -0.2) is 17.4 Å². The van der Waals surface area contributed by atoms with E-state index in [1.165, 1.54) is 0 Å². The number of methoxy groups -OCH3 is 1. The third kappa shape index (κ3) is 3.17. The van der Waals surface area contributed by atoms with E-state index in [2.05, 4.69) is 27.9 Å². The fourth-order valence-corrected chi connectivity index (χ4v) is 1.54. The fraction of sp³-hybridized carbons (Fsp3) is 0.300. The van der Waals surface area contributed by atoms with Crippen molar-refractivity contribution in [3.8, 4) is 5.75 Å². The summed E-state index contributed by atoms with van der Waals surface area (Å²) >= 11 is 2.17. The van der Waals surface area contributed by atoms with Crippen LogP contribution in [0.1, 0.15) is 6.42 Å². The summed E-state index contributed by atoms with van der Waals surface area (Å²) in [4.78, 5) is 11.3. The summed E-state index contributed by atoms with van der Waals surface area (Å²) in [7, 11) is 1.59. The van der Waals surface area contributed by atoms with E-state index in [1.807, 2.05) is 24.3 Å². The molecule has 1 N–H and O–H groups in total. The molecule has 76 valence electrons. The highest BCUT2D eigenvalue weighted by Gasteiger charge is 2.05. The van der Waals surface area contributed by atoms with Crippen molar-refractivity contribution in [2.75, 3.05) is 16.9 Å². The summed E-state index contributed by atoms with van der Waals surface area (Å²) in [5, 5.41) is 2.79. The van der Waals surface area contributed by atoms with Crippen LogP contribution in [0.3, 0.4) is 0 Å². The molecule has 0 bridgehead atoms. The zero-order valence-corrected chi connectivity index (χ0v) is 10.1. The summed E-state index contributed by atoms with van der Waals surface area (Å²) < 4.78 is 5.93. The maximum Gasteiger partial charge on any atom is 0.225 e. The topological polar surface area (TPSA) is 38.3 Å². The van der Waals surface area contributed by atoms with E-state index in [-0.39, 0.29) is 5.91 Å². The summed E-state index contributed by atoms with van der Waals surface area (Å²) in [5.74, 6) is 0.707. The minimum Gasteiger partial charge on any atom is -0.495 e. The van der Waals surface area contributed by atoms with Gasteiger partial charge in [-0.1, -0.05) is 34.7 Å². The normalized spacial score (nSPS) is 9.57. The van der Waals surface area contributed by atoms with E-state index in [9.17, 15) is 4.79 Å². The Morgan fingerprint density at radius 3 is 2.86 bits per heavy atom. The number of alkyl halides is 1. The van der Waals surface area contributed by atoms with Crippen molar-refractivity contribution < 1.29 is 9.53 Å². The Bertz CT molecular complexity index is 315. The van der Waals surface area contributed by atoms with E-state index in [1.54, 1.807) is 7.11 Å². The van der Waals surface area contributed by atoms with Gasteiger partial charge in [0.05, 0.1) is 12.8 Å². The van der Waals surface area contributed by atoms with Crippen LogP contribution >= 0.6 is 22.6 Å². The first kappa shape index (κ1) is 11.3. The van der Waals surface area contributed by atoms with Crippen LogP contribution in [0.5, 0.6) is 5.75 Å². The van der Waals surface area contributed by atoms with Crippen molar-refractivity contribution in [2.45, 2.75) is 6.42 Å². The summed E-state index contributed by atoms with van der Waals surface area (Å²) in [6.07, 6.45) is 0.526. The zero-order chi connectivity index (χ0) is 10.4. The second kappa shape index (κ2) is 5.85. The number of anilines is 1. The SMILES string of the molecule is COc1ccccc1NC(=O)CCI. The highest BCUT2D eigenvalue weighted by Crippen LogP contribution is 2.22. The zero-order valence-electron chi connectivity index (χ0n) is 7.92. The van der Waals surface area contributed by atoms with Gasteiger partial charge in [-0.2, -0.15) is 0 Å². The average Bonchev–Trinajstić information content (AvgIpc) is 2.19.